The van der Waals surface area contributed by atoms with E-state index in [0.29, 0.717) is 41.7 Å². The zero-order valence-electron chi connectivity index (χ0n) is 13.0. The van der Waals surface area contributed by atoms with Gasteiger partial charge in [0, 0.05) is 18.4 Å². The molecule has 0 saturated heterocycles. The summed E-state index contributed by atoms with van der Waals surface area (Å²) in [5, 5.41) is 6.16. The molecule has 25 heavy (non-hydrogen) atoms. The largest absolute Gasteiger partial charge is 0.421 e. The van der Waals surface area contributed by atoms with Gasteiger partial charge in [-0.25, -0.2) is 4.98 Å². The van der Waals surface area contributed by atoms with E-state index in [1.807, 2.05) is 0 Å². The lowest BCUT2D eigenvalue weighted by atomic mass is 10.2. The van der Waals surface area contributed by atoms with E-state index in [4.69, 9.17) is 28.9 Å². The number of hydrogen-bond acceptors (Lipinski definition) is 5. The highest BCUT2D eigenvalue weighted by Crippen LogP contribution is 2.34. The summed E-state index contributed by atoms with van der Waals surface area (Å²) in [5.74, 6) is -0.283. The monoisotopic (exact) mass is 393 g/mol. The highest BCUT2D eigenvalue weighted by Gasteiger charge is 2.35. The molecule has 1 aromatic carbocycles. The van der Waals surface area contributed by atoms with E-state index in [-0.39, 0.29) is 11.8 Å². The van der Waals surface area contributed by atoms with E-state index in [0.717, 1.165) is 6.20 Å². The van der Waals surface area contributed by atoms with Crippen molar-refractivity contribution >= 4 is 40.7 Å². The van der Waals surface area contributed by atoms with Crippen LogP contribution >= 0.6 is 23.2 Å². The Morgan fingerprint density at radius 2 is 1.88 bits per heavy atom. The van der Waals surface area contributed by atoms with Gasteiger partial charge in [0.15, 0.2) is 0 Å². The van der Waals surface area contributed by atoms with E-state index < -0.39 is 11.7 Å². The number of rotatable bonds is 7. The van der Waals surface area contributed by atoms with Crippen molar-refractivity contribution < 1.29 is 13.2 Å². The topological polar surface area (TPSA) is 75.9 Å². The lowest BCUT2D eigenvalue weighted by molar-refractivity contribution is -0.137. The molecule has 10 heteroatoms. The molecule has 0 fully saturated rings. The van der Waals surface area contributed by atoms with Crippen LogP contribution in [-0.4, -0.2) is 23.1 Å². The molecule has 0 bridgehead atoms. The summed E-state index contributed by atoms with van der Waals surface area (Å²) in [6.07, 6.45) is -2.49. The van der Waals surface area contributed by atoms with Gasteiger partial charge in [-0.15, -0.1) is 0 Å². The van der Waals surface area contributed by atoms with Crippen LogP contribution in [0.25, 0.3) is 0 Å². The maximum Gasteiger partial charge on any atom is 0.421 e. The molecule has 1 heterocycles. The average molecular weight is 394 g/mol. The second-order valence-corrected chi connectivity index (χ2v) is 5.94. The number of nitrogens with two attached hydrogens (primary N) is 1. The zero-order chi connectivity index (χ0) is 18.4. The third-order valence-corrected chi connectivity index (χ3v) is 3.93. The minimum Gasteiger partial charge on any atom is -0.369 e. The molecule has 0 amide bonds. The summed E-state index contributed by atoms with van der Waals surface area (Å²) in [6, 6.07) is 4.70. The van der Waals surface area contributed by atoms with Crippen LogP contribution in [0.1, 0.15) is 18.4 Å². The summed E-state index contributed by atoms with van der Waals surface area (Å²) in [5.41, 5.74) is 4.95. The molecule has 0 spiro atoms. The molecule has 136 valence electrons. The van der Waals surface area contributed by atoms with Gasteiger partial charge in [-0.2, -0.15) is 18.2 Å². The second kappa shape index (κ2) is 8.55. The molecule has 2 rings (SSSR count). The van der Waals surface area contributed by atoms with E-state index >= 15 is 0 Å². The highest BCUT2D eigenvalue weighted by molar-refractivity contribution is 6.42. The van der Waals surface area contributed by atoms with Crippen molar-refractivity contribution in [3.8, 4) is 0 Å². The van der Waals surface area contributed by atoms with Crippen LogP contribution in [-0.2, 0) is 6.18 Å². The molecular weight excluding hydrogens is 378 g/mol. The second-order valence-electron chi connectivity index (χ2n) is 5.13. The normalized spacial score (nSPS) is 11.4. The molecule has 1 aromatic heterocycles. The molecule has 0 atom stereocenters. The van der Waals surface area contributed by atoms with Crippen molar-refractivity contribution in [3.63, 3.8) is 0 Å². The Morgan fingerprint density at radius 3 is 2.52 bits per heavy atom. The number of aromatic nitrogens is 2. The van der Waals surface area contributed by atoms with Gasteiger partial charge in [0.2, 0.25) is 5.95 Å². The number of nitrogens with zero attached hydrogens (tertiary/aromatic N) is 2. The van der Waals surface area contributed by atoms with E-state index in [2.05, 4.69) is 20.6 Å². The number of nitrogens with one attached hydrogen (secondary N) is 2. The minimum atomic E-state index is -4.56. The molecule has 0 saturated carbocycles. The van der Waals surface area contributed by atoms with Crippen LogP contribution in [0.5, 0.6) is 0 Å². The van der Waals surface area contributed by atoms with E-state index in [9.17, 15) is 13.2 Å². The van der Waals surface area contributed by atoms with Gasteiger partial charge in [-0.1, -0.05) is 23.2 Å². The summed E-state index contributed by atoms with van der Waals surface area (Å²) in [7, 11) is 0. The molecule has 2 aromatic rings. The smallest absolute Gasteiger partial charge is 0.369 e. The van der Waals surface area contributed by atoms with Gasteiger partial charge in [0.1, 0.15) is 11.4 Å². The Morgan fingerprint density at radius 1 is 1.12 bits per heavy atom. The van der Waals surface area contributed by atoms with Gasteiger partial charge in [0.05, 0.1) is 10.0 Å². The minimum absolute atomic E-state index is 0.00714. The Bertz CT molecular complexity index is 725. The first-order chi connectivity index (χ1) is 11.8. The van der Waals surface area contributed by atoms with E-state index in [1.54, 1.807) is 12.1 Å². The molecule has 0 aliphatic carbocycles. The molecule has 0 radical (unpaired) electrons. The summed E-state index contributed by atoms with van der Waals surface area (Å²) >= 11 is 11.7. The summed E-state index contributed by atoms with van der Waals surface area (Å²) < 4.78 is 39.3. The third kappa shape index (κ3) is 5.62. The van der Waals surface area contributed by atoms with Gasteiger partial charge in [-0.3, -0.25) is 0 Å². The highest BCUT2D eigenvalue weighted by atomic mass is 35.5. The molecule has 0 aliphatic rings. The lowest BCUT2D eigenvalue weighted by Crippen LogP contribution is -2.15. The fraction of sp³-hybridized carbons (Fsp3) is 0.333. The SMILES string of the molecule is NCCCCNc1nc(Nc2ccc(Cl)c(Cl)c2)ncc1C(F)(F)F. The van der Waals surface area contributed by atoms with Gasteiger partial charge >= 0.3 is 6.18 Å². The average Bonchev–Trinajstić information content (AvgIpc) is 2.54. The number of halogens is 5. The van der Waals surface area contributed by atoms with Gasteiger partial charge < -0.3 is 16.4 Å². The number of anilines is 3. The van der Waals surface area contributed by atoms with Crippen LogP contribution in [0, 0.1) is 0 Å². The number of hydrogen-bond donors (Lipinski definition) is 3. The summed E-state index contributed by atoms with van der Waals surface area (Å²) in [6.45, 7) is 0.797. The zero-order valence-corrected chi connectivity index (χ0v) is 14.5. The third-order valence-electron chi connectivity index (χ3n) is 3.19. The lowest BCUT2D eigenvalue weighted by Gasteiger charge is -2.15. The molecule has 4 N–H and O–H groups in total. The van der Waals surface area contributed by atoms with Crippen molar-refractivity contribution in [1.82, 2.24) is 9.97 Å². The Kier molecular flexibility index (Phi) is 6.69. The molecule has 5 nitrogen and oxygen atoms in total. The Hall–Kier alpha value is -1.77. The first-order valence-corrected chi connectivity index (χ1v) is 8.17. The number of unbranched alkanes of at least 4 members (excludes halogenated alkanes) is 1. The first kappa shape index (κ1) is 19.6. The predicted molar refractivity (Wildman–Crippen MR) is 93.6 cm³/mol. The maximum atomic E-state index is 13.1. The van der Waals surface area contributed by atoms with Crippen molar-refractivity contribution in [3.05, 3.63) is 40.0 Å². The fourth-order valence-corrected chi connectivity index (χ4v) is 2.26. The van der Waals surface area contributed by atoms with E-state index in [1.165, 1.54) is 6.07 Å². The molecule has 0 aliphatic heterocycles. The van der Waals surface area contributed by atoms with Crippen molar-refractivity contribution in [2.45, 2.75) is 19.0 Å². The van der Waals surface area contributed by atoms with Crippen molar-refractivity contribution in [2.24, 2.45) is 5.73 Å². The Labute approximate surface area is 152 Å². The number of alkyl halides is 3. The molecule has 0 unspecified atom stereocenters. The first-order valence-electron chi connectivity index (χ1n) is 7.41. The standard InChI is InChI=1S/C15H16Cl2F3N5/c16-11-4-3-9(7-12(11)17)24-14-23-8-10(15(18,19)20)13(25-14)22-6-2-1-5-21/h3-4,7-8H,1-2,5-6,21H2,(H2,22,23,24,25). The van der Waals surface area contributed by atoms with Crippen molar-refractivity contribution in [2.75, 3.05) is 23.7 Å². The van der Waals surface area contributed by atoms with Crippen LogP contribution in [0.2, 0.25) is 10.0 Å². The van der Waals surface area contributed by atoms with Crippen LogP contribution < -0.4 is 16.4 Å². The number of benzene rings is 1. The van der Waals surface area contributed by atoms with Crippen LogP contribution in [0.15, 0.2) is 24.4 Å². The maximum absolute atomic E-state index is 13.1. The summed E-state index contributed by atoms with van der Waals surface area (Å²) in [4.78, 5) is 7.64. The molecular formula is C15H16Cl2F3N5. The fourth-order valence-electron chi connectivity index (χ4n) is 1.96. The quantitative estimate of drug-likeness (QED) is 0.594. The van der Waals surface area contributed by atoms with Crippen LogP contribution in [0.3, 0.4) is 0 Å². The predicted octanol–water partition coefficient (Wildman–Crippen LogP) is 4.70. The van der Waals surface area contributed by atoms with Gasteiger partial charge in [-0.05, 0) is 37.6 Å². The van der Waals surface area contributed by atoms with Crippen LogP contribution in [0.4, 0.5) is 30.6 Å². The van der Waals surface area contributed by atoms with Gasteiger partial charge in [0.25, 0.3) is 0 Å². The Balaban J connectivity index is 2.22. The van der Waals surface area contributed by atoms with Crippen molar-refractivity contribution in [1.29, 1.82) is 0 Å².